The van der Waals surface area contributed by atoms with Gasteiger partial charge in [0.25, 0.3) is 0 Å². The Kier molecular flexibility index (Phi) is 1.58. The molecule has 1 aromatic heterocycles. The summed E-state index contributed by atoms with van der Waals surface area (Å²) in [6.07, 6.45) is 6.99. The lowest BCUT2D eigenvalue weighted by molar-refractivity contribution is 0.563. The Morgan fingerprint density at radius 1 is 1.36 bits per heavy atom. The van der Waals surface area contributed by atoms with Crippen LogP contribution in [0.1, 0.15) is 30.0 Å². The molecule has 2 N–H and O–H groups in total. The van der Waals surface area contributed by atoms with Crippen LogP contribution in [-0.4, -0.2) is 10.2 Å². The van der Waals surface area contributed by atoms with Gasteiger partial charge in [-0.3, -0.25) is 0 Å². The van der Waals surface area contributed by atoms with Crippen molar-refractivity contribution in [1.82, 2.24) is 10.2 Å². The van der Waals surface area contributed by atoms with E-state index in [9.17, 15) is 0 Å². The van der Waals surface area contributed by atoms with Crippen molar-refractivity contribution in [3.05, 3.63) is 23.5 Å². The molecule has 1 atom stereocenters. The van der Waals surface area contributed by atoms with Crippen LogP contribution in [0.4, 0.5) is 0 Å². The Balaban J connectivity index is 2.44. The Labute approximate surface area is 65.6 Å². The maximum Gasteiger partial charge on any atom is 0.0546 e. The fourth-order valence-electron chi connectivity index (χ4n) is 1.57. The normalized spacial score (nSPS) is 22.8. The van der Waals surface area contributed by atoms with Crippen LogP contribution in [-0.2, 0) is 6.42 Å². The van der Waals surface area contributed by atoms with Gasteiger partial charge in [0.2, 0.25) is 0 Å². The van der Waals surface area contributed by atoms with Crippen LogP contribution < -0.4 is 5.73 Å². The topological polar surface area (TPSA) is 51.8 Å². The molecule has 1 aliphatic rings. The van der Waals surface area contributed by atoms with E-state index in [4.69, 9.17) is 5.73 Å². The molecular formula is C8H11N3. The van der Waals surface area contributed by atoms with Gasteiger partial charge in [0.05, 0.1) is 12.4 Å². The van der Waals surface area contributed by atoms with Gasteiger partial charge in [-0.2, -0.15) is 10.2 Å². The maximum atomic E-state index is 5.88. The Morgan fingerprint density at radius 2 is 2.18 bits per heavy atom. The highest BCUT2D eigenvalue weighted by molar-refractivity contribution is 5.26. The molecule has 0 radical (unpaired) electrons. The number of rotatable bonds is 0. The lowest BCUT2D eigenvalue weighted by atomic mass is 9.91. The number of hydrogen-bond acceptors (Lipinski definition) is 3. The van der Waals surface area contributed by atoms with Crippen molar-refractivity contribution in [2.45, 2.75) is 25.3 Å². The first-order chi connectivity index (χ1) is 5.38. The number of nitrogens with zero attached hydrogens (tertiary/aromatic N) is 2. The Morgan fingerprint density at radius 3 is 3.00 bits per heavy atom. The fraction of sp³-hybridized carbons (Fsp3) is 0.500. The molecule has 1 heterocycles. The first-order valence-electron chi connectivity index (χ1n) is 3.93. The summed E-state index contributed by atoms with van der Waals surface area (Å²) in [6, 6.07) is 0.189. The van der Waals surface area contributed by atoms with E-state index in [-0.39, 0.29) is 6.04 Å². The Hall–Kier alpha value is -0.960. The summed E-state index contributed by atoms with van der Waals surface area (Å²) in [5, 5.41) is 7.65. The summed E-state index contributed by atoms with van der Waals surface area (Å²) in [5.41, 5.74) is 8.34. The summed E-state index contributed by atoms with van der Waals surface area (Å²) in [6.45, 7) is 0. The first kappa shape index (κ1) is 6.73. The van der Waals surface area contributed by atoms with Crippen LogP contribution in [0.5, 0.6) is 0 Å². The molecule has 2 rings (SSSR count). The van der Waals surface area contributed by atoms with Gasteiger partial charge in [0, 0.05) is 6.04 Å². The predicted molar refractivity (Wildman–Crippen MR) is 41.9 cm³/mol. The van der Waals surface area contributed by atoms with E-state index in [0.29, 0.717) is 0 Å². The molecule has 11 heavy (non-hydrogen) atoms. The maximum absolute atomic E-state index is 5.88. The molecule has 0 aromatic carbocycles. The summed E-state index contributed by atoms with van der Waals surface area (Å²) < 4.78 is 0. The zero-order valence-corrected chi connectivity index (χ0v) is 6.33. The number of fused-ring (bicyclic) bond motifs is 1. The molecule has 0 bridgehead atoms. The third-order valence-corrected chi connectivity index (χ3v) is 2.21. The molecule has 1 aromatic rings. The SMILES string of the molecule is NC1CCCc2cnncc21. The highest BCUT2D eigenvalue weighted by atomic mass is 15.1. The van der Waals surface area contributed by atoms with Crippen LogP contribution in [0.2, 0.25) is 0 Å². The summed E-state index contributed by atoms with van der Waals surface area (Å²) >= 11 is 0. The number of aryl methyl sites for hydroxylation is 1. The van der Waals surface area contributed by atoms with Crippen LogP contribution >= 0.6 is 0 Å². The predicted octanol–water partition coefficient (Wildman–Crippen LogP) is 0.813. The van der Waals surface area contributed by atoms with Crippen molar-refractivity contribution in [2.24, 2.45) is 5.73 Å². The molecule has 3 heteroatoms. The first-order valence-corrected chi connectivity index (χ1v) is 3.93. The molecule has 0 saturated carbocycles. The average Bonchev–Trinajstić information content (AvgIpc) is 2.06. The molecule has 0 saturated heterocycles. The Bertz CT molecular complexity index is 259. The molecule has 0 spiro atoms. The summed E-state index contributed by atoms with van der Waals surface area (Å²) in [4.78, 5) is 0. The molecule has 0 aliphatic heterocycles. The third-order valence-electron chi connectivity index (χ3n) is 2.21. The van der Waals surface area contributed by atoms with E-state index in [1.165, 1.54) is 17.5 Å². The van der Waals surface area contributed by atoms with E-state index in [1.807, 2.05) is 6.20 Å². The minimum absolute atomic E-state index is 0.189. The van der Waals surface area contributed by atoms with Crippen molar-refractivity contribution in [3.8, 4) is 0 Å². The van der Waals surface area contributed by atoms with E-state index in [1.54, 1.807) is 6.20 Å². The van der Waals surface area contributed by atoms with Gasteiger partial charge in [-0.25, -0.2) is 0 Å². The molecule has 0 amide bonds. The third kappa shape index (κ3) is 1.12. The van der Waals surface area contributed by atoms with Gasteiger partial charge in [-0.1, -0.05) is 0 Å². The standard InChI is InChI=1S/C8H11N3/c9-8-3-1-2-6-4-10-11-5-7(6)8/h4-5,8H,1-3,9H2. The lowest BCUT2D eigenvalue weighted by Gasteiger charge is -2.20. The van der Waals surface area contributed by atoms with Gasteiger partial charge >= 0.3 is 0 Å². The highest BCUT2D eigenvalue weighted by Gasteiger charge is 2.16. The van der Waals surface area contributed by atoms with Gasteiger partial charge in [-0.15, -0.1) is 0 Å². The van der Waals surface area contributed by atoms with Crippen molar-refractivity contribution >= 4 is 0 Å². The van der Waals surface area contributed by atoms with Gasteiger partial charge < -0.3 is 5.73 Å². The number of nitrogens with two attached hydrogens (primary N) is 1. The quantitative estimate of drug-likeness (QED) is 0.594. The smallest absolute Gasteiger partial charge is 0.0546 e. The fourth-order valence-corrected chi connectivity index (χ4v) is 1.57. The molecular weight excluding hydrogens is 138 g/mol. The molecule has 1 unspecified atom stereocenters. The zero-order valence-electron chi connectivity index (χ0n) is 6.33. The second kappa shape index (κ2) is 2.58. The van der Waals surface area contributed by atoms with Crippen LogP contribution in [0.15, 0.2) is 12.4 Å². The van der Waals surface area contributed by atoms with Crippen LogP contribution in [0, 0.1) is 0 Å². The van der Waals surface area contributed by atoms with E-state index in [2.05, 4.69) is 10.2 Å². The van der Waals surface area contributed by atoms with Gasteiger partial charge in [0.1, 0.15) is 0 Å². The van der Waals surface area contributed by atoms with Crippen molar-refractivity contribution in [2.75, 3.05) is 0 Å². The largest absolute Gasteiger partial charge is 0.324 e. The van der Waals surface area contributed by atoms with Gasteiger partial charge in [0.15, 0.2) is 0 Å². The van der Waals surface area contributed by atoms with Crippen LogP contribution in [0.25, 0.3) is 0 Å². The van der Waals surface area contributed by atoms with E-state index < -0.39 is 0 Å². The summed E-state index contributed by atoms with van der Waals surface area (Å²) in [5.74, 6) is 0. The highest BCUT2D eigenvalue weighted by Crippen LogP contribution is 2.25. The molecule has 0 fully saturated rings. The monoisotopic (exact) mass is 149 g/mol. The number of aromatic nitrogens is 2. The second-order valence-corrected chi connectivity index (χ2v) is 2.97. The van der Waals surface area contributed by atoms with Crippen molar-refractivity contribution in [3.63, 3.8) is 0 Å². The minimum atomic E-state index is 0.189. The van der Waals surface area contributed by atoms with Crippen molar-refractivity contribution < 1.29 is 0 Å². The zero-order chi connectivity index (χ0) is 7.68. The second-order valence-electron chi connectivity index (χ2n) is 2.97. The average molecular weight is 149 g/mol. The van der Waals surface area contributed by atoms with E-state index in [0.717, 1.165) is 12.8 Å². The number of hydrogen-bond donors (Lipinski definition) is 1. The van der Waals surface area contributed by atoms with Crippen molar-refractivity contribution in [1.29, 1.82) is 0 Å². The minimum Gasteiger partial charge on any atom is -0.324 e. The molecule has 1 aliphatic carbocycles. The molecule has 3 nitrogen and oxygen atoms in total. The van der Waals surface area contributed by atoms with Gasteiger partial charge in [-0.05, 0) is 30.4 Å². The molecule has 58 valence electrons. The summed E-state index contributed by atoms with van der Waals surface area (Å²) in [7, 11) is 0. The lowest BCUT2D eigenvalue weighted by Crippen LogP contribution is -2.17. The van der Waals surface area contributed by atoms with E-state index >= 15 is 0 Å². The van der Waals surface area contributed by atoms with Crippen LogP contribution in [0.3, 0.4) is 0 Å².